The zero-order chi connectivity index (χ0) is 64.7. The molecule has 0 aliphatic carbocycles. The van der Waals surface area contributed by atoms with Crippen molar-refractivity contribution in [1.29, 1.82) is 0 Å². The highest BCUT2D eigenvalue weighted by Crippen LogP contribution is 2.45. The van der Waals surface area contributed by atoms with Gasteiger partial charge in [0.2, 0.25) is 0 Å². The third kappa shape index (κ3) is 62.6. The van der Waals surface area contributed by atoms with Crippen molar-refractivity contribution >= 4 is 39.5 Å². The van der Waals surface area contributed by atoms with Crippen LogP contribution < -0.4 is 0 Å². The van der Waals surface area contributed by atoms with E-state index in [-0.39, 0.29) is 25.7 Å². The quantitative estimate of drug-likeness (QED) is 0.0222. The lowest BCUT2D eigenvalue weighted by Crippen LogP contribution is -2.30. The summed E-state index contributed by atoms with van der Waals surface area (Å²) in [6.07, 6.45) is 39.1. The molecule has 0 aliphatic heterocycles. The topological polar surface area (TPSA) is 237 Å². The van der Waals surface area contributed by atoms with E-state index in [0.717, 1.165) is 114 Å². The van der Waals surface area contributed by atoms with E-state index in [1.54, 1.807) is 0 Å². The number of aliphatic hydroxyl groups is 1. The van der Waals surface area contributed by atoms with Gasteiger partial charge in [-0.3, -0.25) is 37.3 Å². The predicted octanol–water partition coefficient (Wildman–Crippen LogP) is 18.9. The molecule has 0 aromatic carbocycles. The summed E-state index contributed by atoms with van der Waals surface area (Å²) in [6.45, 7) is 14.0. The highest BCUT2D eigenvalue weighted by molar-refractivity contribution is 7.47. The summed E-state index contributed by atoms with van der Waals surface area (Å²) in [7, 11) is -9.90. The molecule has 0 fully saturated rings. The minimum atomic E-state index is -4.95. The highest BCUT2D eigenvalue weighted by atomic mass is 31.2. The first-order chi connectivity index (χ1) is 41.6. The molecule has 0 amide bonds. The van der Waals surface area contributed by atoms with Gasteiger partial charge in [0.25, 0.3) is 0 Å². The lowest BCUT2D eigenvalue weighted by atomic mass is 10.0. The second-order valence-corrected chi connectivity index (χ2v) is 29.4. The van der Waals surface area contributed by atoms with Crippen LogP contribution in [0.25, 0.3) is 0 Å². The Morgan fingerprint density at radius 2 is 0.483 bits per heavy atom. The fraction of sp³-hybridized carbons (Fsp3) is 0.941. The molecular formula is C68H132O17P2. The van der Waals surface area contributed by atoms with Crippen LogP contribution >= 0.6 is 15.6 Å². The molecule has 0 aliphatic rings. The number of hydrogen-bond donors (Lipinski definition) is 3. The second-order valence-electron chi connectivity index (χ2n) is 26.5. The van der Waals surface area contributed by atoms with E-state index < -0.39 is 97.5 Å². The Hall–Kier alpha value is -1.94. The number of carbonyl (C=O) groups is 4. The van der Waals surface area contributed by atoms with Gasteiger partial charge in [0, 0.05) is 25.7 Å². The standard InChI is InChI=1S/C68H132O17P2/c1-58(2)44-36-28-20-13-11-9-10-12-14-25-34-42-50-67(72)84-63(54-78-65(70)48-40-32-24-17-15-21-29-37-45-59(3)4)56-82-86(74,75)80-52-62(69)53-81-87(76,77)83-57-64(55-79-66(71)49-41-33-27-19-23-31-39-47-61(7)8)85-68(73)51-43-35-26-18-16-22-30-38-46-60(5)6/h58-64,69H,9-57H2,1-8H3,(H,74,75)(H,76,77)/t62?,63-,64-/m1/s1. The Bertz CT molecular complexity index is 1730. The average molecular weight is 1280 g/mol. The van der Waals surface area contributed by atoms with Crippen molar-refractivity contribution < 1.29 is 80.2 Å². The summed E-state index contributed by atoms with van der Waals surface area (Å²) in [5.74, 6) is 0.792. The Balaban J connectivity index is 5.25. The molecule has 0 bridgehead atoms. The summed E-state index contributed by atoms with van der Waals surface area (Å²) >= 11 is 0. The fourth-order valence-corrected chi connectivity index (χ4v) is 11.7. The van der Waals surface area contributed by atoms with Crippen molar-refractivity contribution in [1.82, 2.24) is 0 Å². The molecule has 0 heterocycles. The Labute approximate surface area is 530 Å². The number of phosphoric acid groups is 2. The number of rotatable bonds is 65. The average Bonchev–Trinajstić information content (AvgIpc) is 3.68. The lowest BCUT2D eigenvalue weighted by molar-refractivity contribution is -0.161. The van der Waals surface area contributed by atoms with Crippen LogP contribution in [0.4, 0.5) is 0 Å². The molecule has 0 aromatic rings. The maximum absolute atomic E-state index is 13.0. The van der Waals surface area contributed by atoms with Gasteiger partial charge < -0.3 is 33.8 Å². The summed E-state index contributed by atoms with van der Waals surface area (Å²) < 4.78 is 68.2. The van der Waals surface area contributed by atoms with Gasteiger partial charge in [0.05, 0.1) is 26.4 Å². The van der Waals surface area contributed by atoms with Gasteiger partial charge in [-0.1, -0.05) is 280 Å². The third-order valence-corrected chi connectivity index (χ3v) is 17.5. The molecule has 0 spiro atoms. The molecular weight excluding hydrogens is 1150 g/mol. The first-order valence-corrected chi connectivity index (χ1v) is 38.2. The van der Waals surface area contributed by atoms with Gasteiger partial charge >= 0.3 is 39.5 Å². The van der Waals surface area contributed by atoms with E-state index in [1.807, 2.05) is 0 Å². The third-order valence-electron chi connectivity index (χ3n) is 15.6. The van der Waals surface area contributed by atoms with E-state index in [1.165, 1.54) is 128 Å². The number of esters is 4. The van der Waals surface area contributed by atoms with Crippen molar-refractivity contribution in [2.75, 3.05) is 39.6 Å². The number of phosphoric ester groups is 2. The fourth-order valence-electron chi connectivity index (χ4n) is 10.1. The minimum absolute atomic E-state index is 0.103. The second kappa shape index (κ2) is 57.9. The first kappa shape index (κ1) is 85.1. The van der Waals surface area contributed by atoms with Crippen LogP contribution in [0, 0.1) is 23.7 Å². The maximum atomic E-state index is 13.0. The Kier molecular flexibility index (Phi) is 56.6. The Morgan fingerprint density at radius 1 is 0.287 bits per heavy atom. The SMILES string of the molecule is CC(C)CCCCCCCCCCCCCCC(=O)O[C@H](COC(=O)CCCCCCCCCCC(C)C)COP(=O)(O)OCC(O)COP(=O)(O)OC[C@@H](COC(=O)CCCCCCCCCC(C)C)OC(=O)CCCCCCCCCCC(C)C. The number of aliphatic hydroxyl groups excluding tert-OH is 1. The zero-order valence-electron chi connectivity index (χ0n) is 56.6. The summed E-state index contributed by atoms with van der Waals surface area (Å²) in [5, 5.41) is 10.6. The molecule has 0 saturated carbocycles. The van der Waals surface area contributed by atoms with Crippen LogP contribution in [0.2, 0.25) is 0 Å². The minimum Gasteiger partial charge on any atom is -0.462 e. The molecule has 3 N–H and O–H groups in total. The highest BCUT2D eigenvalue weighted by Gasteiger charge is 2.30. The van der Waals surface area contributed by atoms with Crippen LogP contribution in [0.5, 0.6) is 0 Å². The van der Waals surface area contributed by atoms with Crippen molar-refractivity contribution in [2.24, 2.45) is 23.7 Å². The number of carbonyl (C=O) groups excluding carboxylic acids is 4. The van der Waals surface area contributed by atoms with Gasteiger partial charge in [0.1, 0.15) is 19.3 Å². The van der Waals surface area contributed by atoms with E-state index >= 15 is 0 Å². The van der Waals surface area contributed by atoms with Crippen LogP contribution in [-0.2, 0) is 65.4 Å². The number of ether oxygens (including phenoxy) is 4. The van der Waals surface area contributed by atoms with Crippen molar-refractivity contribution in [3.05, 3.63) is 0 Å². The number of hydrogen-bond acceptors (Lipinski definition) is 15. The van der Waals surface area contributed by atoms with Gasteiger partial charge in [-0.25, -0.2) is 9.13 Å². The number of unbranched alkanes of at least 4 members (excludes halogenated alkanes) is 31. The first-order valence-electron chi connectivity index (χ1n) is 35.2. The Morgan fingerprint density at radius 3 is 0.713 bits per heavy atom. The van der Waals surface area contributed by atoms with Crippen molar-refractivity contribution in [2.45, 2.75) is 350 Å². The summed E-state index contributed by atoms with van der Waals surface area (Å²) in [4.78, 5) is 72.4. The maximum Gasteiger partial charge on any atom is 0.472 e. The normalized spacial score (nSPS) is 14.3. The molecule has 17 nitrogen and oxygen atoms in total. The molecule has 0 aromatic heterocycles. The van der Waals surface area contributed by atoms with E-state index in [2.05, 4.69) is 55.4 Å². The van der Waals surface area contributed by atoms with Crippen molar-refractivity contribution in [3.63, 3.8) is 0 Å². The largest absolute Gasteiger partial charge is 0.472 e. The van der Waals surface area contributed by atoms with Crippen LogP contribution in [-0.4, -0.2) is 96.7 Å². The van der Waals surface area contributed by atoms with Gasteiger partial charge in [-0.15, -0.1) is 0 Å². The monoisotopic (exact) mass is 1280 g/mol. The zero-order valence-corrected chi connectivity index (χ0v) is 58.4. The molecule has 19 heteroatoms. The summed E-state index contributed by atoms with van der Waals surface area (Å²) in [5.41, 5.74) is 0. The van der Waals surface area contributed by atoms with E-state index in [4.69, 9.17) is 37.0 Å². The van der Waals surface area contributed by atoms with E-state index in [0.29, 0.717) is 31.6 Å². The molecule has 87 heavy (non-hydrogen) atoms. The van der Waals surface area contributed by atoms with E-state index in [9.17, 15) is 43.2 Å². The molecule has 5 atom stereocenters. The van der Waals surface area contributed by atoms with Crippen LogP contribution in [0.1, 0.15) is 331 Å². The van der Waals surface area contributed by atoms with Crippen molar-refractivity contribution in [3.8, 4) is 0 Å². The van der Waals surface area contributed by atoms with Gasteiger partial charge in [0.15, 0.2) is 12.2 Å². The molecule has 0 radical (unpaired) electrons. The predicted molar refractivity (Wildman–Crippen MR) is 349 cm³/mol. The van der Waals surface area contributed by atoms with Crippen LogP contribution in [0.15, 0.2) is 0 Å². The smallest absolute Gasteiger partial charge is 0.462 e. The van der Waals surface area contributed by atoms with Gasteiger partial charge in [-0.05, 0) is 49.4 Å². The molecule has 0 saturated heterocycles. The molecule has 3 unspecified atom stereocenters. The molecule has 0 rings (SSSR count). The molecule has 516 valence electrons. The van der Waals surface area contributed by atoms with Crippen LogP contribution in [0.3, 0.4) is 0 Å². The van der Waals surface area contributed by atoms with Gasteiger partial charge in [-0.2, -0.15) is 0 Å². The lowest BCUT2D eigenvalue weighted by Gasteiger charge is -2.21. The summed E-state index contributed by atoms with van der Waals surface area (Å²) in [6, 6.07) is 0.